The van der Waals surface area contributed by atoms with Crippen molar-refractivity contribution < 1.29 is 4.79 Å². The van der Waals surface area contributed by atoms with Crippen molar-refractivity contribution in [2.75, 3.05) is 19.6 Å². The van der Waals surface area contributed by atoms with Crippen LogP contribution in [-0.2, 0) is 6.54 Å². The van der Waals surface area contributed by atoms with Crippen LogP contribution in [0.3, 0.4) is 0 Å². The predicted molar refractivity (Wildman–Crippen MR) is 149 cm³/mol. The van der Waals surface area contributed by atoms with Crippen molar-refractivity contribution in [3.63, 3.8) is 0 Å². The summed E-state index contributed by atoms with van der Waals surface area (Å²) in [5.41, 5.74) is 7.81. The van der Waals surface area contributed by atoms with Crippen LogP contribution in [0.15, 0.2) is 60.8 Å². The van der Waals surface area contributed by atoms with Crippen molar-refractivity contribution in [3.05, 3.63) is 88.7 Å². The van der Waals surface area contributed by atoms with Crippen LogP contribution in [0, 0.1) is 26.7 Å². The minimum Gasteiger partial charge on any atom is -0.330 e. The SMILES string of the molecule is Cc1ccc(C(=O)N(Cc2ccc(-c3ccc(C)c(C)c3)cc2)C2CCN(CCC(C)C)CC2)nc1. The van der Waals surface area contributed by atoms with E-state index in [0.29, 0.717) is 12.2 Å². The Morgan fingerprint density at radius 1 is 0.944 bits per heavy atom. The Labute approximate surface area is 217 Å². The molecular weight excluding hydrogens is 442 g/mol. The van der Waals surface area contributed by atoms with E-state index in [2.05, 4.69) is 84.9 Å². The quantitative estimate of drug-likeness (QED) is 0.352. The molecule has 4 rings (SSSR count). The number of benzene rings is 2. The van der Waals surface area contributed by atoms with Crippen LogP contribution in [0.1, 0.15) is 65.9 Å². The highest BCUT2D eigenvalue weighted by Gasteiger charge is 2.29. The van der Waals surface area contributed by atoms with E-state index in [1.165, 1.54) is 28.7 Å². The van der Waals surface area contributed by atoms with Gasteiger partial charge in [-0.25, -0.2) is 0 Å². The third-order valence-corrected chi connectivity index (χ3v) is 7.56. The summed E-state index contributed by atoms with van der Waals surface area (Å²) in [6.07, 6.45) is 5.04. The predicted octanol–water partition coefficient (Wildman–Crippen LogP) is 6.83. The number of amides is 1. The molecular formula is C32H41N3O. The molecule has 0 spiro atoms. The van der Waals surface area contributed by atoms with Crippen LogP contribution >= 0.6 is 0 Å². The highest BCUT2D eigenvalue weighted by Crippen LogP contribution is 2.25. The van der Waals surface area contributed by atoms with E-state index >= 15 is 0 Å². The fourth-order valence-corrected chi connectivity index (χ4v) is 4.92. The Bertz CT molecular complexity index is 1140. The normalized spacial score (nSPS) is 14.8. The summed E-state index contributed by atoms with van der Waals surface area (Å²) in [5, 5.41) is 0. The number of aromatic nitrogens is 1. The van der Waals surface area contributed by atoms with Crippen molar-refractivity contribution in [1.82, 2.24) is 14.8 Å². The largest absolute Gasteiger partial charge is 0.330 e. The van der Waals surface area contributed by atoms with Gasteiger partial charge in [-0.15, -0.1) is 0 Å². The van der Waals surface area contributed by atoms with Gasteiger partial charge >= 0.3 is 0 Å². The van der Waals surface area contributed by atoms with Crippen molar-refractivity contribution >= 4 is 5.91 Å². The number of piperidine rings is 1. The van der Waals surface area contributed by atoms with E-state index in [1.807, 2.05) is 19.1 Å². The standard InChI is InChI=1S/C32H41N3O/c1-23(2)14-17-34-18-15-30(16-19-34)35(32(36)31-13-6-24(3)21-33-31)22-27-8-11-28(12-9-27)29-10-7-25(4)26(5)20-29/h6-13,20-21,23,30H,14-19,22H2,1-5H3. The molecule has 1 aliphatic heterocycles. The zero-order valence-corrected chi connectivity index (χ0v) is 22.6. The molecule has 0 radical (unpaired) electrons. The third-order valence-electron chi connectivity index (χ3n) is 7.56. The second kappa shape index (κ2) is 11.8. The molecule has 4 nitrogen and oxygen atoms in total. The zero-order valence-electron chi connectivity index (χ0n) is 22.6. The van der Waals surface area contributed by atoms with Gasteiger partial charge in [-0.05, 0) is 91.9 Å². The molecule has 1 aliphatic rings. The van der Waals surface area contributed by atoms with E-state index in [1.54, 1.807) is 6.20 Å². The lowest BCUT2D eigenvalue weighted by molar-refractivity contribution is 0.0540. The molecule has 4 heteroatoms. The molecule has 36 heavy (non-hydrogen) atoms. The summed E-state index contributed by atoms with van der Waals surface area (Å²) in [4.78, 5) is 22.8. The summed E-state index contributed by atoms with van der Waals surface area (Å²) >= 11 is 0. The van der Waals surface area contributed by atoms with Crippen molar-refractivity contribution in [3.8, 4) is 11.1 Å². The monoisotopic (exact) mass is 483 g/mol. The summed E-state index contributed by atoms with van der Waals surface area (Å²) in [5.74, 6) is 0.758. The molecule has 0 unspecified atom stereocenters. The Morgan fingerprint density at radius 3 is 2.25 bits per heavy atom. The second-order valence-corrected chi connectivity index (χ2v) is 10.9. The molecule has 0 saturated carbocycles. The van der Waals surface area contributed by atoms with Crippen LogP contribution < -0.4 is 0 Å². The van der Waals surface area contributed by atoms with Gasteiger partial charge in [-0.1, -0.05) is 62.4 Å². The van der Waals surface area contributed by atoms with Gasteiger partial charge in [-0.2, -0.15) is 0 Å². The lowest BCUT2D eigenvalue weighted by atomic mass is 9.98. The fraction of sp³-hybridized carbons (Fsp3) is 0.438. The summed E-state index contributed by atoms with van der Waals surface area (Å²) in [7, 11) is 0. The molecule has 190 valence electrons. The number of aryl methyl sites for hydroxylation is 3. The summed E-state index contributed by atoms with van der Waals surface area (Å²) in [6, 6.07) is 19.4. The zero-order chi connectivity index (χ0) is 25.7. The third kappa shape index (κ3) is 6.61. The molecule has 0 aliphatic carbocycles. The Kier molecular flexibility index (Phi) is 8.58. The van der Waals surface area contributed by atoms with Gasteiger partial charge in [0.2, 0.25) is 0 Å². The minimum absolute atomic E-state index is 0.0360. The van der Waals surface area contributed by atoms with E-state index < -0.39 is 0 Å². The Hall–Kier alpha value is -2.98. The van der Waals surface area contributed by atoms with Crippen LogP contribution in [0.5, 0.6) is 0 Å². The molecule has 3 aromatic rings. The minimum atomic E-state index is 0.0360. The van der Waals surface area contributed by atoms with E-state index in [4.69, 9.17) is 0 Å². The smallest absolute Gasteiger partial charge is 0.272 e. The first-order valence-corrected chi connectivity index (χ1v) is 13.4. The van der Waals surface area contributed by atoms with Crippen LogP contribution in [-0.4, -0.2) is 46.4 Å². The second-order valence-electron chi connectivity index (χ2n) is 10.9. The number of hydrogen-bond donors (Lipinski definition) is 0. The van der Waals surface area contributed by atoms with Gasteiger partial charge in [0, 0.05) is 31.9 Å². The molecule has 1 aromatic heterocycles. The van der Waals surface area contributed by atoms with Crippen molar-refractivity contribution in [2.45, 2.75) is 66.5 Å². The van der Waals surface area contributed by atoms with Gasteiger partial charge in [0.1, 0.15) is 5.69 Å². The topological polar surface area (TPSA) is 36.4 Å². The highest BCUT2D eigenvalue weighted by atomic mass is 16.2. The summed E-state index contributed by atoms with van der Waals surface area (Å²) < 4.78 is 0. The molecule has 1 fully saturated rings. The first kappa shape index (κ1) is 26.1. The molecule has 2 aromatic carbocycles. The van der Waals surface area contributed by atoms with Crippen molar-refractivity contribution in [2.24, 2.45) is 5.92 Å². The van der Waals surface area contributed by atoms with Gasteiger partial charge < -0.3 is 9.80 Å². The van der Waals surface area contributed by atoms with E-state index in [9.17, 15) is 4.79 Å². The molecule has 1 saturated heterocycles. The Morgan fingerprint density at radius 2 is 1.64 bits per heavy atom. The first-order valence-electron chi connectivity index (χ1n) is 13.4. The van der Waals surface area contributed by atoms with E-state index in [0.717, 1.165) is 49.5 Å². The number of pyridine rings is 1. The summed E-state index contributed by atoms with van der Waals surface area (Å²) in [6.45, 7) is 14.7. The molecule has 2 heterocycles. The number of likely N-dealkylation sites (tertiary alicyclic amines) is 1. The van der Waals surface area contributed by atoms with Gasteiger partial charge in [0.05, 0.1) is 0 Å². The number of carbonyl (C=O) groups excluding carboxylic acids is 1. The average Bonchev–Trinajstić information content (AvgIpc) is 2.88. The first-order chi connectivity index (χ1) is 17.3. The molecule has 0 bridgehead atoms. The van der Waals surface area contributed by atoms with Crippen LogP contribution in [0.4, 0.5) is 0 Å². The number of rotatable bonds is 8. The van der Waals surface area contributed by atoms with Gasteiger partial charge in [0.25, 0.3) is 5.91 Å². The number of nitrogens with zero attached hydrogens (tertiary/aromatic N) is 3. The lowest BCUT2D eigenvalue weighted by Crippen LogP contribution is -2.47. The van der Waals surface area contributed by atoms with Crippen molar-refractivity contribution in [1.29, 1.82) is 0 Å². The molecule has 1 amide bonds. The molecule has 0 atom stereocenters. The van der Waals surface area contributed by atoms with Gasteiger partial charge in [0.15, 0.2) is 0 Å². The lowest BCUT2D eigenvalue weighted by Gasteiger charge is -2.38. The maximum atomic E-state index is 13.7. The molecule has 0 N–H and O–H groups in total. The van der Waals surface area contributed by atoms with Crippen LogP contribution in [0.25, 0.3) is 11.1 Å². The van der Waals surface area contributed by atoms with Gasteiger partial charge in [-0.3, -0.25) is 9.78 Å². The maximum absolute atomic E-state index is 13.7. The average molecular weight is 484 g/mol. The Balaban J connectivity index is 1.51. The fourth-order valence-electron chi connectivity index (χ4n) is 4.92. The number of hydrogen-bond acceptors (Lipinski definition) is 3. The maximum Gasteiger partial charge on any atom is 0.272 e. The number of carbonyl (C=O) groups is 1. The highest BCUT2D eigenvalue weighted by molar-refractivity contribution is 5.92. The van der Waals surface area contributed by atoms with Crippen LogP contribution in [0.2, 0.25) is 0 Å². The van der Waals surface area contributed by atoms with E-state index in [-0.39, 0.29) is 11.9 Å².